The minimum absolute atomic E-state index is 0.0440. The highest BCUT2D eigenvalue weighted by Gasteiger charge is 2.29. The van der Waals surface area contributed by atoms with Crippen LogP contribution in [0.1, 0.15) is 33.6 Å². The lowest BCUT2D eigenvalue weighted by atomic mass is 10.1. The molecule has 7 heteroatoms. The maximum absolute atomic E-state index is 13.1. The molecule has 0 aliphatic heterocycles. The number of esters is 1. The molecule has 0 bridgehead atoms. The van der Waals surface area contributed by atoms with Crippen molar-refractivity contribution in [2.45, 2.75) is 12.8 Å². The molecule has 134 valence electrons. The van der Waals surface area contributed by atoms with Crippen LogP contribution in [0.3, 0.4) is 0 Å². The zero-order valence-corrected chi connectivity index (χ0v) is 13.6. The van der Waals surface area contributed by atoms with E-state index in [1.54, 1.807) is 12.1 Å². The number of nitrogens with one attached hydrogen (secondary N) is 1. The number of anilines is 1. The van der Waals surface area contributed by atoms with E-state index in [1.165, 1.54) is 12.1 Å². The Hall–Kier alpha value is -3.09. The Kier molecular flexibility index (Phi) is 5.06. The fourth-order valence-electron chi connectivity index (χ4n) is 2.25. The van der Waals surface area contributed by atoms with Crippen molar-refractivity contribution in [3.05, 3.63) is 65.2 Å². The molecule has 0 spiro atoms. The van der Waals surface area contributed by atoms with Gasteiger partial charge in [0.1, 0.15) is 0 Å². The third-order valence-electron chi connectivity index (χ3n) is 3.91. The molecule has 3 rings (SSSR count). The molecule has 2 aromatic rings. The standard InChI is InChI=1S/C19H15F2NO4/c20-15-8-5-13(9-16(15)21)17(23)10-26-19(25)12-3-6-14(7-4-12)22-18(24)11-1-2-11/h3-9,11H,1-2,10H2,(H,22,24). The Balaban J connectivity index is 1.54. The predicted octanol–water partition coefficient (Wildman–Crippen LogP) is 3.35. The van der Waals surface area contributed by atoms with Gasteiger partial charge in [-0.3, -0.25) is 9.59 Å². The number of halogens is 2. The first-order chi connectivity index (χ1) is 12.4. The van der Waals surface area contributed by atoms with Gasteiger partial charge in [0.2, 0.25) is 5.91 Å². The summed E-state index contributed by atoms with van der Waals surface area (Å²) in [6, 6.07) is 8.76. The van der Waals surface area contributed by atoms with Crippen molar-refractivity contribution in [3.8, 4) is 0 Å². The molecule has 2 aromatic carbocycles. The molecular weight excluding hydrogens is 344 g/mol. The fraction of sp³-hybridized carbons (Fsp3) is 0.211. The summed E-state index contributed by atoms with van der Waals surface area (Å²) in [5.41, 5.74) is 0.679. The Labute approximate surface area is 148 Å². The molecule has 1 aliphatic carbocycles. The number of benzene rings is 2. The lowest BCUT2D eigenvalue weighted by Crippen LogP contribution is -2.15. The minimum Gasteiger partial charge on any atom is -0.454 e. The highest BCUT2D eigenvalue weighted by atomic mass is 19.2. The maximum atomic E-state index is 13.1. The summed E-state index contributed by atoms with van der Waals surface area (Å²) < 4.78 is 30.9. The van der Waals surface area contributed by atoms with Gasteiger partial charge in [0, 0.05) is 17.2 Å². The lowest BCUT2D eigenvalue weighted by molar-refractivity contribution is -0.117. The van der Waals surface area contributed by atoms with Crippen LogP contribution in [0.5, 0.6) is 0 Å². The first kappa shape index (κ1) is 17.7. The summed E-state index contributed by atoms with van der Waals surface area (Å²) in [7, 11) is 0. The summed E-state index contributed by atoms with van der Waals surface area (Å²) in [4.78, 5) is 35.5. The van der Waals surface area contributed by atoms with Crippen LogP contribution in [0.2, 0.25) is 0 Å². The van der Waals surface area contributed by atoms with Gasteiger partial charge in [0.25, 0.3) is 0 Å². The van der Waals surface area contributed by atoms with Crippen LogP contribution in [-0.4, -0.2) is 24.3 Å². The number of amides is 1. The lowest BCUT2D eigenvalue weighted by Gasteiger charge is -2.07. The number of hydrogen-bond donors (Lipinski definition) is 1. The van der Waals surface area contributed by atoms with Crippen molar-refractivity contribution >= 4 is 23.3 Å². The maximum Gasteiger partial charge on any atom is 0.338 e. The highest BCUT2D eigenvalue weighted by Crippen LogP contribution is 2.30. The van der Waals surface area contributed by atoms with Crippen molar-refractivity contribution in [2.75, 3.05) is 11.9 Å². The number of hydrogen-bond acceptors (Lipinski definition) is 4. The number of ketones is 1. The Morgan fingerprint density at radius 2 is 1.62 bits per heavy atom. The molecule has 0 atom stereocenters. The number of rotatable bonds is 6. The largest absolute Gasteiger partial charge is 0.454 e. The van der Waals surface area contributed by atoms with Gasteiger partial charge in [0.05, 0.1) is 5.56 Å². The average molecular weight is 359 g/mol. The van der Waals surface area contributed by atoms with E-state index in [9.17, 15) is 23.2 Å². The van der Waals surface area contributed by atoms with Gasteiger partial charge in [-0.25, -0.2) is 13.6 Å². The van der Waals surface area contributed by atoms with Gasteiger partial charge >= 0.3 is 5.97 Å². The molecular formula is C19H15F2NO4. The number of carbonyl (C=O) groups excluding carboxylic acids is 3. The number of Topliss-reactive ketones (excluding diaryl/α,β-unsaturated/α-hetero) is 1. The van der Waals surface area contributed by atoms with Crippen LogP contribution in [0.15, 0.2) is 42.5 Å². The van der Waals surface area contributed by atoms with Crippen molar-refractivity contribution in [1.82, 2.24) is 0 Å². The van der Waals surface area contributed by atoms with Crippen LogP contribution >= 0.6 is 0 Å². The summed E-state index contributed by atoms with van der Waals surface area (Å²) >= 11 is 0. The van der Waals surface area contributed by atoms with Gasteiger partial charge in [-0.2, -0.15) is 0 Å². The van der Waals surface area contributed by atoms with E-state index in [1.807, 2.05) is 0 Å². The van der Waals surface area contributed by atoms with Gasteiger partial charge < -0.3 is 10.1 Å². The first-order valence-corrected chi connectivity index (χ1v) is 8.00. The minimum atomic E-state index is -1.15. The van der Waals surface area contributed by atoms with Gasteiger partial charge in [-0.15, -0.1) is 0 Å². The topological polar surface area (TPSA) is 72.5 Å². The summed E-state index contributed by atoms with van der Waals surface area (Å²) in [5, 5.41) is 2.74. The first-order valence-electron chi connectivity index (χ1n) is 8.00. The van der Waals surface area contributed by atoms with Gasteiger partial charge in [-0.1, -0.05) is 0 Å². The Bertz CT molecular complexity index is 860. The van der Waals surface area contributed by atoms with Crippen LogP contribution in [0, 0.1) is 17.6 Å². The van der Waals surface area contributed by atoms with Crippen molar-refractivity contribution in [3.63, 3.8) is 0 Å². The van der Waals surface area contributed by atoms with Crippen molar-refractivity contribution in [1.29, 1.82) is 0 Å². The zero-order valence-electron chi connectivity index (χ0n) is 13.6. The average Bonchev–Trinajstić information content (AvgIpc) is 3.47. The molecule has 1 saturated carbocycles. The quantitative estimate of drug-likeness (QED) is 0.634. The molecule has 26 heavy (non-hydrogen) atoms. The van der Waals surface area contributed by atoms with Crippen LogP contribution < -0.4 is 5.32 Å². The molecule has 1 amide bonds. The number of ether oxygens (including phenoxy) is 1. The molecule has 5 nitrogen and oxygen atoms in total. The SMILES string of the molecule is O=C(COC(=O)c1ccc(NC(=O)C2CC2)cc1)c1ccc(F)c(F)c1. The normalized spacial score (nSPS) is 13.2. The monoisotopic (exact) mass is 359 g/mol. The van der Waals surface area contributed by atoms with E-state index in [4.69, 9.17) is 4.74 Å². The summed E-state index contributed by atoms with van der Waals surface area (Å²) in [5.74, 6) is -3.57. The summed E-state index contributed by atoms with van der Waals surface area (Å²) in [6.45, 7) is -0.593. The van der Waals surface area contributed by atoms with E-state index in [0.717, 1.165) is 31.0 Å². The Morgan fingerprint density at radius 1 is 0.962 bits per heavy atom. The van der Waals surface area contributed by atoms with Gasteiger partial charge in [-0.05, 0) is 55.3 Å². The second-order valence-corrected chi connectivity index (χ2v) is 5.97. The summed E-state index contributed by atoms with van der Waals surface area (Å²) in [6.07, 6.45) is 1.78. The van der Waals surface area contributed by atoms with Gasteiger partial charge in [0.15, 0.2) is 24.0 Å². The highest BCUT2D eigenvalue weighted by molar-refractivity contribution is 5.99. The predicted molar refractivity (Wildman–Crippen MR) is 88.8 cm³/mol. The third-order valence-corrected chi connectivity index (χ3v) is 3.91. The van der Waals surface area contributed by atoms with E-state index < -0.39 is 30.0 Å². The molecule has 1 aliphatic rings. The van der Waals surface area contributed by atoms with E-state index in [-0.39, 0.29) is 23.0 Å². The fourth-order valence-corrected chi connectivity index (χ4v) is 2.25. The zero-order chi connectivity index (χ0) is 18.7. The van der Waals surface area contributed by atoms with E-state index >= 15 is 0 Å². The second kappa shape index (κ2) is 7.43. The molecule has 0 radical (unpaired) electrons. The van der Waals surface area contributed by atoms with Crippen molar-refractivity contribution in [2.24, 2.45) is 5.92 Å². The van der Waals surface area contributed by atoms with E-state index in [0.29, 0.717) is 5.69 Å². The molecule has 1 fully saturated rings. The molecule has 0 saturated heterocycles. The Morgan fingerprint density at radius 3 is 2.23 bits per heavy atom. The molecule has 1 N–H and O–H groups in total. The third kappa shape index (κ3) is 4.30. The van der Waals surface area contributed by atoms with Crippen LogP contribution in [0.4, 0.5) is 14.5 Å². The van der Waals surface area contributed by atoms with Crippen molar-refractivity contribution < 1.29 is 27.9 Å². The van der Waals surface area contributed by atoms with Crippen LogP contribution in [-0.2, 0) is 9.53 Å². The molecule has 0 heterocycles. The second-order valence-electron chi connectivity index (χ2n) is 5.97. The smallest absolute Gasteiger partial charge is 0.338 e. The van der Waals surface area contributed by atoms with E-state index in [2.05, 4.69) is 5.32 Å². The molecule has 0 aromatic heterocycles. The van der Waals surface area contributed by atoms with Crippen LogP contribution in [0.25, 0.3) is 0 Å². The molecule has 0 unspecified atom stereocenters. The number of carbonyl (C=O) groups is 3.